The summed E-state index contributed by atoms with van der Waals surface area (Å²) in [6, 6.07) is 9.17. The van der Waals surface area contributed by atoms with Crippen molar-refractivity contribution in [3.63, 3.8) is 0 Å². The van der Waals surface area contributed by atoms with E-state index in [0.29, 0.717) is 11.6 Å². The van der Waals surface area contributed by atoms with Crippen molar-refractivity contribution in [3.8, 4) is 0 Å². The van der Waals surface area contributed by atoms with Gasteiger partial charge in [0.05, 0.1) is 0 Å². The van der Waals surface area contributed by atoms with Crippen molar-refractivity contribution in [2.24, 2.45) is 5.92 Å². The Bertz CT molecular complexity index is 674. The maximum Gasteiger partial charge on any atom is 0.276 e. The summed E-state index contributed by atoms with van der Waals surface area (Å²) < 4.78 is 13.1. The maximum atomic E-state index is 13.1. The Morgan fingerprint density at radius 1 is 1.32 bits per heavy atom. The molecule has 114 valence electrons. The van der Waals surface area contributed by atoms with E-state index in [1.807, 2.05) is 0 Å². The highest BCUT2D eigenvalue weighted by Gasteiger charge is 2.20. The summed E-state index contributed by atoms with van der Waals surface area (Å²) >= 11 is 0. The van der Waals surface area contributed by atoms with Gasteiger partial charge >= 0.3 is 0 Å². The van der Waals surface area contributed by atoms with E-state index in [1.54, 1.807) is 18.2 Å². The quantitative estimate of drug-likeness (QED) is 0.947. The minimum absolute atomic E-state index is 0.209. The standard InChI is InChI=1S/C16H17FN4O/c1-11-7-8-21(10-11)15-6-5-14(19-20-15)16(22)18-13-4-2-3-12(17)9-13/h2-6,9,11H,7-8,10H2,1H3,(H,18,22). The van der Waals surface area contributed by atoms with Crippen LogP contribution in [0.15, 0.2) is 36.4 Å². The van der Waals surface area contributed by atoms with Crippen molar-refractivity contribution >= 4 is 17.4 Å². The van der Waals surface area contributed by atoms with E-state index in [4.69, 9.17) is 0 Å². The SMILES string of the molecule is CC1CCN(c2ccc(C(=O)Nc3cccc(F)c3)nn2)C1. The molecule has 0 spiro atoms. The third kappa shape index (κ3) is 3.21. The van der Waals surface area contributed by atoms with Gasteiger partial charge in [0.25, 0.3) is 5.91 Å². The van der Waals surface area contributed by atoms with Crippen LogP contribution < -0.4 is 10.2 Å². The van der Waals surface area contributed by atoms with Crippen LogP contribution in [0.1, 0.15) is 23.8 Å². The average molecular weight is 300 g/mol. The Morgan fingerprint density at radius 2 is 2.18 bits per heavy atom. The highest BCUT2D eigenvalue weighted by atomic mass is 19.1. The van der Waals surface area contributed by atoms with E-state index < -0.39 is 11.7 Å². The first kappa shape index (κ1) is 14.4. The number of anilines is 2. The third-order valence-electron chi connectivity index (χ3n) is 3.71. The molecule has 5 nitrogen and oxygen atoms in total. The number of amides is 1. The first-order valence-electron chi connectivity index (χ1n) is 7.27. The van der Waals surface area contributed by atoms with Gasteiger partial charge in [-0.3, -0.25) is 4.79 Å². The molecular formula is C16H17FN4O. The number of carbonyl (C=O) groups is 1. The van der Waals surface area contributed by atoms with Crippen molar-refractivity contribution in [2.75, 3.05) is 23.3 Å². The van der Waals surface area contributed by atoms with Gasteiger partial charge in [-0.15, -0.1) is 10.2 Å². The first-order valence-corrected chi connectivity index (χ1v) is 7.27. The number of carbonyl (C=O) groups excluding carboxylic acids is 1. The number of rotatable bonds is 3. The summed E-state index contributed by atoms with van der Waals surface area (Å²) in [5, 5.41) is 10.7. The summed E-state index contributed by atoms with van der Waals surface area (Å²) in [5.74, 6) is 0.631. The molecule has 1 saturated heterocycles. The molecule has 1 aliphatic heterocycles. The lowest BCUT2D eigenvalue weighted by molar-refractivity contribution is 0.102. The van der Waals surface area contributed by atoms with Crippen molar-refractivity contribution in [1.82, 2.24) is 10.2 Å². The van der Waals surface area contributed by atoms with Gasteiger partial charge in [-0.05, 0) is 42.7 Å². The zero-order valence-electron chi connectivity index (χ0n) is 12.3. The molecule has 1 aromatic carbocycles. The fourth-order valence-corrected chi connectivity index (χ4v) is 2.52. The predicted octanol–water partition coefficient (Wildman–Crippen LogP) is 2.71. The molecule has 0 radical (unpaired) electrons. The van der Waals surface area contributed by atoms with Crippen LogP contribution >= 0.6 is 0 Å². The number of aromatic nitrogens is 2. The lowest BCUT2D eigenvalue weighted by atomic mass is 10.2. The Labute approximate surface area is 128 Å². The topological polar surface area (TPSA) is 58.1 Å². The zero-order valence-corrected chi connectivity index (χ0v) is 12.3. The van der Waals surface area contributed by atoms with E-state index in [1.165, 1.54) is 18.2 Å². The van der Waals surface area contributed by atoms with Crippen LogP contribution in [-0.4, -0.2) is 29.2 Å². The highest BCUT2D eigenvalue weighted by molar-refractivity contribution is 6.02. The Balaban J connectivity index is 1.68. The smallest absolute Gasteiger partial charge is 0.276 e. The lowest BCUT2D eigenvalue weighted by Gasteiger charge is -2.16. The van der Waals surface area contributed by atoms with E-state index >= 15 is 0 Å². The molecule has 1 N–H and O–H groups in total. The van der Waals surface area contributed by atoms with Gasteiger partial charge in [-0.2, -0.15) is 0 Å². The van der Waals surface area contributed by atoms with E-state index in [0.717, 1.165) is 25.3 Å². The largest absolute Gasteiger partial charge is 0.355 e. The highest BCUT2D eigenvalue weighted by Crippen LogP contribution is 2.21. The second kappa shape index (κ2) is 6.09. The van der Waals surface area contributed by atoms with Crippen molar-refractivity contribution in [2.45, 2.75) is 13.3 Å². The van der Waals surface area contributed by atoms with Crippen LogP contribution in [0.3, 0.4) is 0 Å². The minimum Gasteiger partial charge on any atom is -0.355 e. The molecule has 1 atom stereocenters. The first-order chi connectivity index (χ1) is 10.6. The number of halogens is 1. The Morgan fingerprint density at radius 3 is 2.82 bits per heavy atom. The number of hydrogen-bond donors (Lipinski definition) is 1. The van der Waals surface area contributed by atoms with Crippen molar-refractivity contribution < 1.29 is 9.18 Å². The molecule has 1 aliphatic rings. The lowest BCUT2D eigenvalue weighted by Crippen LogP contribution is -2.22. The molecule has 1 unspecified atom stereocenters. The monoisotopic (exact) mass is 300 g/mol. The molecule has 1 aromatic heterocycles. The molecule has 3 rings (SSSR count). The van der Waals surface area contributed by atoms with Gasteiger partial charge in [0.2, 0.25) is 0 Å². The van der Waals surface area contributed by atoms with Crippen LogP contribution in [0, 0.1) is 11.7 Å². The average Bonchev–Trinajstić information content (AvgIpc) is 2.94. The van der Waals surface area contributed by atoms with Crippen LogP contribution in [-0.2, 0) is 0 Å². The fraction of sp³-hybridized carbons (Fsp3) is 0.312. The predicted molar refractivity (Wildman–Crippen MR) is 82.4 cm³/mol. The second-order valence-electron chi connectivity index (χ2n) is 5.58. The second-order valence-corrected chi connectivity index (χ2v) is 5.58. The number of nitrogens with zero attached hydrogens (tertiary/aromatic N) is 3. The molecule has 0 saturated carbocycles. The van der Waals surface area contributed by atoms with Gasteiger partial charge in [0.1, 0.15) is 5.82 Å². The van der Waals surface area contributed by atoms with Gasteiger partial charge in [0, 0.05) is 18.8 Å². The van der Waals surface area contributed by atoms with E-state index in [9.17, 15) is 9.18 Å². The fourth-order valence-electron chi connectivity index (χ4n) is 2.52. The van der Waals surface area contributed by atoms with Gasteiger partial charge in [-0.25, -0.2) is 4.39 Å². The molecule has 6 heteroatoms. The van der Waals surface area contributed by atoms with E-state index in [2.05, 4.69) is 27.3 Å². The molecule has 1 amide bonds. The molecule has 2 heterocycles. The number of benzene rings is 1. The summed E-state index contributed by atoms with van der Waals surface area (Å²) in [6.45, 7) is 4.13. The van der Waals surface area contributed by atoms with E-state index in [-0.39, 0.29) is 5.69 Å². The molecular weight excluding hydrogens is 283 g/mol. The minimum atomic E-state index is -0.403. The molecule has 0 aliphatic carbocycles. The van der Waals surface area contributed by atoms with Crippen molar-refractivity contribution in [1.29, 1.82) is 0 Å². The van der Waals surface area contributed by atoms with Crippen molar-refractivity contribution in [3.05, 3.63) is 47.9 Å². The number of hydrogen-bond acceptors (Lipinski definition) is 4. The number of nitrogens with one attached hydrogen (secondary N) is 1. The zero-order chi connectivity index (χ0) is 15.5. The molecule has 0 bridgehead atoms. The van der Waals surface area contributed by atoms with Crippen LogP contribution in [0.4, 0.5) is 15.9 Å². The summed E-state index contributed by atoms with van der Waals surface area (Å²) in [5.41, 5.74) is 0.601. The maximum absolute atomic E-state index is 13.1. The van der Waals surface area contributed by atoms with Gasteiger partial charge < -0.3 is 10.2 Å². The molecule has 2 aromatic rings. The molecule has 1 fully saturated rings. The summed E-state index contributed by atoms with van der Waals surface area (Å²) in [6.07, 6.45) is 1.14. The van der Waals surface area contributed by atoms with Crippen LogP contribution in [0.2, 0.25) is 0 Å². The van der Waals surface area contributed by atoms with Crippen LogP contribution in [0.5, 0.6) is 0 Å². The summed E-state index contributed by atoms with van der Waals surface area (Å²) in [4.78, 5) is 14.2. The Hall–Kier alpha value is -2.50. The normalized spacial score (nSPS) is 17.5. The van der Waals surface area contributed by atoms with Gasteiger partial charge in [-0.1, -0.05) is 13.0 Å². The molecule has 22 heavy (non-hydrogen) atoms. The van der Waals surface area contributed by atoms with Gasteiger partial charge in [0.15, 0.2) is 11.5 Å². The Kier molecular flexibility index (Phi) is 4.00. The summed E-state index contributed by atoms with van der Waals surface area (Å²) in [7, 11) is 0. The third-order valence-corrected chi connectivity index (χ3v) is 3.71. The van der Waals surface area contributed by atoms with Crippen LogP contribution in [0.25, 0.3) is 0 Å².